The molecule has 24 heteroatoms. The van der Waals surface area contributed by atoms with E-state index in [-0.39, 0.29) is 13.0 Å². The maximum atomic E-state index is 13.5. The zero-order chi connectivity index (χ0) is 40.9. The van der Waals surface area contributed by atoms with Gasteiger partial charge in [-0.2, -0.15) is 0 Å². The van der Waals surface area contributed by atoms with Crippen molar-refractivity contribution in [3.8, 4) is 0 Å². The van der Waals surface area contributed by atoms with Crippen LogP contribution in [-0.4, -0.2) is 201 Å². The average molecular weight is 786 g/mol. The lowest BCUT2D eigenvalue weighted by molar-refractivity contribution is -0.378. The first-order valence-electron chi connectivity index (χ1n) is 17.0. The van der Waals surface area contributed by atoms with Gasteiger partial charge in [0.15, 0.2) is 30.4 Å². The number of hydrogen-bond donors (Lipinski definition) is 15. The Balaban J connectivity index is 2.09. The molecule has 0 radical (unpaired) electrons. The maximum absolute atomic E-state index is 13.5. The van der Waals surface area contributed by atoms with Crippen molar-refractivity contribution in [2.75, 3.05) is 33.5 Å². The molecule has 24 nitrogen and oxygen atoms in total. The second kappa shape index (κ2) is 18.5. The van der Waals surface area contributed by atoms with Crippen LogP contribution in [0.5, 0.6) is 0 Å². The fourth-order valence-corrected chi connectivity index (χ4v) is 6.38. The fourth-order valence-electron chi connectivity index (χ4n) is 6.38. The van der Waals surface area contributed by atoms with Gasteiger partial charge >= 0.3 is 5.97 Å². The van der Waals surface area contributed by atoms with Gasteiger partial charge in [0.25, 0.3) is 5.79 Å². The minimum Gasteiger partial charge on any atom is -0.427 e. The molecule has 0 aromatic carbocycles. The summed E-state index contributed by atoms with van der Waals surface area (Å²) in [5.41, 5.74) is 13.0. The van der Waals surface area contributed by atoms with E-state index in [0.717, 1.165) is 0 Å². The summed E-state index contributed by atoms with van der Waals surface area (Å²) in [5.74, 6) is -6.08. The van der Waals surface area contributed by atoms with E-state index in [2.05, 4.69) is 20.9 Å². The molecule has 3 rings (SSSR count). The number of carbonyl (C=O) groups is 3. The third-order valence-corrected chi connectivity index (χ3v) is 9.82. The lowest BCUT2D eigenvalue weighted by Gasteiger charge is -2.52. The molecule has 0 aromatic rings. The van der Waals surface area contributed by atoms with Crippen molar-refractivity contribution in [3.05, 3.63) is 0 Å². The molecule has 312 valence electrons. The van der Waals surface area contributed by atoms with Crippen LogP contribution < -0.4 is 33.2 Å². The summed E-state index contributed by atoms with van der Waals surface area (Å²) in [7, 11) is 1.35. The molecule has 54 heavy (non-hydrogen) atoms. The van der Waals surface area contributed by atoms with Crippen molar-refractivity contribution in [2.45, 2.75) is 124 Å². The number of esters is 1. The van der Waals surface area contributed by atoms with E-state index < -0.39 is 146 Å². The molecule has 0 unspecified atom stereocenters. The summed E-state index contributed by atoms with van der Waals surface area (Å²) >= 11 is 0. The Labute approximate surface area is 309 Å². The van der Waals surface area contributed by atoms with E-state index in [1.165, 1.54) is 27.8 Å². The average Bonchev–Trinajstić information content (AvgIpc) is 3.35. The highest BCUT2D eigenvalue weighted by molar-refractivity contribution is 5.82. The highest BCUT2D eigenvalue weighted by atomic mass is 16.8. The van der Waals surface area contributed by atoms with E-state index in [1.54, 1.807) is 0 Å². The highest BCUT2D eigenvalue weighted by Crippen LogP contribution is 2.43. The molecule has 18 N–H and O–H groups in total. The summed E-state index contributed by atoms with van der Waals surface area (Å²) in [5, 5.41) is 104. The number of likely N-dealkylation sites (N-methyl/N-ethyl adjacent to an activating group) is 1. The Morgan fingerprint density at radius 2 is 1.67 bits per heavy atom. The normalized spacial score (nSPS) is 40.4. The SMILES string of the molecule is CN[C@@H]1[C@H](O[C@H]2[C@H](O[C@]3(OC(=O)CCNC(=O)[C@H](O)C(C)(C)CO)[C@H](O)[C@@H](O)[C@H](NCN)[C@@H](O)[C@@H]3N=C(N)N)O[C@@H](C)[C@]2(O)C=O)O[C@@H](CO)[C@H](O)[C@H]1O. The van der Waals surface area contributed by atoms with E-state index in [1.807, 2.05) is 0 Å². The maximum Gasteiger partial charge on any atom is 0.310 e. The molecule has 3 fully saturated rings. The molecule has 2 saturated heterocycles. The second-order valence-corrected chi connectivity index (χ2v) is 14.0. The van der Waals surface area contributed by atoms with E-state index in [4.69, 9.17) is 40.9 Å². The molecule has 0 bridgehead atoms. The number of nitrogens with one attached hydrogen (secondary N) is 3. The topological polar surface area (TPSA) is 406 Å². The summed E-state index contributed by atoms with van der Waals surface area (Å²) in [6.07, 6.45) is -20.9. The molecule has 2 aliphatic heterocycles. The number of carbonyl (C=O) groups excluding carboxylic acids is 3. The van der Waals surface area contributed by atoms with E-state index >= 15 is 0 Å². The molecule has 1 aliphatic carbocycles. The van der Waals surface area contributed by atoms with Crippen molar-refractivity contribution >= 4 is 24.1 Å². The summed E-state index contributed by atoms with van der Waals surface area (Å²) in [4.78, 5) is 42.4. The van der Waals surface area contributed by atoms with Gasteiger partial charge in [-0.05, 0) is 14.0 Å². The van der Waals surface area contributed by atoms with Gasteiger partial charge in [-0.25, -0.2) is 4.99 Å². The van der Waals surface area contributed by atoms with Crippen LogP contribution in [0.15, 0.2) is 4.99 Å². The molecular formula is C30H55N7O17. The number of aliphatic imine (C=N–C) groups is 1. The zero-order valence-corrected chi connectivity index (χ0v) is 30.2. The Kier molecular flexibility index (Phi) is 15.6. The first kappa shape index (κ1) is 45.6. The van der Waals surface area contributed by atoms with Gasteiger partial charge in [-0.3, -0.25) is 19.7 Å². The largest absolute Gasteiger partial charge is 0.427 e. The first-order valence-corrected chi connectivity index (χ1v) is 17.0. The minimum absolute atomic E-state index is 0.0290. The van der Waals surface area contributed by atoms with Gasteiger partial charge in [0.1, 0.15) is 54.9 Å². The number of amides is 1. The minimum atomic E-state index is -3.08. The lowest BCUT2D eigenvalue weighted by Crippen LogP contribution is -2.76. The van der Waals surface area contributed by atoms with E-state index in [0.29, 0.717) is 0 Å². The smallest absolute Gasteiger partial charge is 0.310 e. The Bertz CT molecular complexity index is 1310. The predicted molar refractivity (Wildman–Crippen MR) is 179 cm³/mol. The van der Waals surface area contributed by atoms with Crippen molar-refractivity contribution in [3.63, 3.8) is 0 Å². The number of nitrogens with zero attached hydrogens (tertiary/aromatic N) is 1. The van der Waals surface area contributed by atoms with Crippen LogP contribution in [-0.2, 0) is 38.1 Å². The first-order chi connectivity index (χ1) is 25.2. The van der Waals surface area contributed by atoms with Gasteiger partial charge in [-0.15, -0.1) is 0 Å². The molecule has 3 aliphatic rings. The molecule has 0 aromatic heterocycles. The van der Waals surface area contributed by atoms with Crippen LogP contribution in [0, 0.1) is 5.41 Å². The van der Waals surface area contributed by atoms with Crippen LogP contribution in [0.2, 0.25) is 0 Å². The Morgan fingerprint density at radius 1 is 1.02 bits per heavy atom. The fraction of sp³-hybridized carbons (Fsp3) is 0.867. The lowest BCUT2D eigenvalue weighted by atomic mass is 9.78. The number of aldehydes is 1. The van der Waals surface area contributed by atoms with Crippen LogP contribution in [0.25, 0.3) is 0 Å². The van der Waals surface area contributed by atoms with Crippen LogP contribution in [0.4, 0.5) is 0 Å². The Hall–Kier alpha value is -2.76. The summed E-state index contributed by atoms with van der Waals surface area (Å²) in [6, 6.07) is -4.83. The van der Waals surface area contributed by atoms with Gasteiger partial charge < -0.3 is 97.5 Å². The number of aliphatic hydroxyl groups excluding tert-OH is 8. The quantitative estimate of drug-likeness (QED) is 0.0214. The molecular weight excluding hydrogens is 730 g/mol. The predicted octanol–water partition coefficient (Wildman–Crippen LogP) is -9.17. The van der Waals surface area contributed by atoms with Gasteiger partial charge in [0, 0.05) is 18.6 Å². The van der Waals surface area contributed by atoms with Gasteiger partial charge in [-0.1, -0.05) is 13.8 Å². The van der Waals surface area contributed by atoms with Crippen molar-refractivity contribution in [1.29, 1.82) is 0 Å². The van der Waals surface area contributed by atoms with Crippen molar-refractivity contribution in [2.24, 2.45) is 27.6 Å². The third-order valence-electron chi connectivity index (χ3n) is 9.82. The molecule has 1 saturated carbocycles. The summed E-state index contributed by atoms with van der Waals surface area (Å²) in [6.45, 7) is 1.81. The third kappa shape index (κ3) is 9.10. The molecule has 16 atom stereocenters. The van der Waals surface area contributed by atoms with Gasteiger partial charge in [0.05, 0.1) is 37.8 Å². The number of nitrogens with two attached hydrogens (primary N) is 3. The van der Waals surface area contributed by atoms with Crippen LogP contribution in [0.1, 0.15) is 27.2 Å². The number of guanidine groups is 1. The zero-order valence-electron chi connectivity index (χ0n) is 30.2. The monoisotopic (exact) mass is 785 g/mol. The number of ether oxygens (including phenoxy) is 5. The standard InChI is InChI=1S/C30H55N7O17/c1-11-29(49,9-40)23(52-25-15(34-4)17(43)16(42)12(7-38)51-25)26(50-11)54-30(53-13(41)5-6-35-24(48)22(47)28(2,3)8-39)20(37-27(32)33)18(44)14(36-10-31)19(45)21(30)46/h9,11-12,14-23,25-26,34,36,38-39,42-47,49H,5-8,10,31H2,1-4H3,(H,35,48)(H4,32,33,37)/t11-,12-,14+,15-,16-,17-,18+,19-,20-,21+,22-,23-,25-,26-,29+,30-/m0/s1. The number of aliphatic hydroxyl groups is 9. The van der Waals surface area contributed by atoms with Gasteiger partial charge in [0.2, 0.25) is 5.91 Å². The Morgan fingerprint density at radius 3 is 2.20 bits per heavy atom. The highest BCUT2D eigenvalue weighted by Gasteiger charge is 2.67. The number of hydrogen-bond acceptors (Lipinski definition) is 21. The summed E-state index contributed by atoms with van der Waals surface area (Å²) < 4.78 is 29.0. The molecule has 0 spiro atoms. The van der Waals surface area contributed by atoms with Crippen LogP contribution >= 0.6 is 0 Å². The van der Waals surface area contributed by atoms with E-state index in [9.17, 15) is 60.3 Å². The second-order valence-electron chi connectivity index (χ2n) is 14.0. The van der Waals surface area contributed by atoms with Crippen molar-refractivity contribution in [1.82, 2.24) is 16.0 Å². The molecule has 1 amide bonds. The molecule has 2 heterocycles. The van der Waals surface area contributed by atoms with Crippen LogP contribution in [0.3, 0.4) is 0 Å². The number of rotatable bonds is 17. The van der Waals surface area contributed by atoms with Crippen molar-refractivity contribution < 1.29 is 84.0 Å².